The number of rotatable bonds is 6. The van der Waals surface area contributed by atoms with Crippen molar-refractivity contribution in [2.75, 3.05) is 6.54 Å². The van der Waals surface area contributed by atoms with Gasteiger partial charge in [0, 0.05) is 23.6 Å². The van der Waals surface area contributed by atoms with Crippen LogP contribution in [-0.2, 0) is 29.1 Å². The third-order valence-corrected chi connectivity index (χ3v) is 12.6. The SMILES string of the molecule is CC(C)(C)OC(=O)N[C@H]1CCCCC/C=C\[C@@H]2C[C@@]2(C(=O)NS(=O)(=O)C2CC2)CC(=O)[C@@H]2C[C@@H](Oc3nc4ccccc4c4ccc(F)cc34)CN2C1=O. The quantitative estimate of drug-likeness (QED) is 0.232. The van der Waals surface area contributed by atoms with Gasteiger partial charge in [-0.3, -0.25) is 19.1 Å². The van der Waals surface area contributed by atoms with E-state index in [9.17, 15) is 32.0 Å². The number of ether oxygens (including phenoxy) is 2. The van der Waals surface area contributed by atoms with Gasteiger partial charge < -0.3 is 19.7 Å². The van der Waals surface area contributed by atoms with Gasteiger partial charge in [0.25, 0.3) is 0 Å². The number of Topliss-reactive ketones (excluding diaryl/α,β-unsaturated/α-hetero) is 1. The second-order valence-corrected chi connectivity index (χ2v) is 18.1. The molecule has 0 bridgehead atoms. The fourth-order valence-corrected chi connectivity index (χ4v) is 9.17. The molecule has 3 aromatic rings. The van der Waals surface area contributed by atoms with E-state index in [-0.39, 0.29) is 31.2 Å². The van der Waals surface area contributed by atoms with Crippen LogP contribution in [0.5, 0.6) is 5.88 Å². The number of sulfonamides is 1. The summed E-state index contributed by atoms with van der Waals surface area (Å²) in [6.07, 6.45) is 6.50. The van der Waals surface area contributed by atoms with Crippen molar-refractivity contribution in [2.24, 2.45) is 11.3 Å². The Morgan fingerprint density at radius 3 is 2.54 bits per heavy atom. The molecule has 1 saturated heterocycles. The number of carbonyl (C=O) groups is 4. The Bertz CT molecular complexity index is 2130. The number of hydrogen-bond acceptors (Lipinski definition) is 9. The summed E-state index contributed by atoms with van der Waals surface area (Å²) in [6, 6.07) is 9.69. The second-order valence-electron chi connectivity index (χ2n) is 16.2. The molecule has 2 saturated carbocycles. The van der Waals surface area contributed by atoms with Crippen LogP contribution in [0.15, 0.2) is 54.6 Å². The third kappa shape index (κ3) is 8.08. The van der Waals surface area contributed by atoms with Crippen molar-refractivity contribution < 1.29 is 41.5 Å². The van der Waals surface area contributed by atoms with E-state index in [2.05, 4.69) is 10.0 Å². The lowest BCUT2D eigenvalue weighted by Crippen LogP contribution is -2.53. The Balaban J connectivity index is 1.22. The molecule has 5 atom stereocenters. The average Bonchev–Trinajstić information content (AvgIpc) is 4.03. The van der Waals surface area contributed by atoms with Crippen molar-refractivity contribution in [3.05, 3.63) is 60.4 Å². The first-order chi connectivity index (χ1) is 25.6. The fraction of sp³-hybridized carbons (Fsp3) is 0.525. The van der Waals surface area contributed by atoms with Crippen molar-refractivity contribution in [3.8, 4) is 5.88 Å². The highest BCUT2D eigenvalue weighted by Gasteiger charge is 2.61. The molecule has 3 heterocycles. The van der Waals surface area contributed by atoms with Crippen LogP contribution in [0.4, 0.5) is 9.18 Å². The monoisotopic (exact) mass is 762 g/mol. The van der Waals surface area contributed by atoms with E-state index >= 15 is 0 Å². The van der Waals surface area contributed by atoms with E-state index in [0.717, 1.165) is 23.6 Å². The largest absolute Gasteiger partial charge is 0.472 e. The summed E-state index contributed by atoms with van der Waals surface area (Å²) >= 11 is 0. The minimum atomic E-state index is -3.87. The Morgan fingerprint density at radius 2 is 1.78 bits per heavy atom. The number of ketones is 1. The first kappa shape index (κ1) is 37.7. The molecule has 2 N–H and O–H groups in total. The first-order valence-corrected chi connectivity index (χ1v) is 20.4. The zero-order chi connectivity index (χ0) is 38.4. The topological polar surface area (TPSA) is 161 Å². The van der Waals surface area contributed by atoms with Crippen LogP contribution in [0.3, 0.4) is 0 Å². The van der Waals surface area contributed by atoms with Crippen molar-refractivity contribution in [1.29, 1.82) is 0 Å². The zero-order valence-corrected chi connectivity index (χ0v) is 31.6. The molecule has 288 valence electrons. The van der Waals surface area contributed by atoms with Crippen LogP contribution in [0, 0.1) is 17.2 Å². The summed E-state index contributed by atoms with van der Waals surface area (Å²) in [6.45, 7) is 5.11. The first-order valence-electron chi connectivity index (χ1n) is 18.8. The molecule has 4 aliphatic rings. The molecule has 0 spiro atoms. The van der Waals surface area contributed by atoms with Crippen molar-refractivity contribution >= 4 is 55.4 Å². The summed E-state index contributed by atoms with van der Waals surface area (Å²) in [4.78, 5) is 61.9. The molecule has 54 heavy (non-hydrogen) atoms. The normalized spacial score (nSPS) is 27.3. The molecule has 14 heteroatoms. The van der Waals surface area contributed by atoms with Crippen LogP contribution in [-0.4, -0.2) is 77.6 Å². The smallest absolute Gasteiger partial charge is 0.408 e. The third-order valence-electron chi connectivity index (χ3n) is 10.8. The van der Waals surface area contributed by atoms with Gasteiger partial charge >= 0.3 is 6.09 Å². The highest BCUT2D eigenvalue weighted by molar-refractivity contribution is 7.90. The number of fused-ring (bicyclic) bond motifs is 5. The minimum absolute atomic E-state index is 0.0353. The van der Waals surface area contributed by atoms with Gasteiger partial charge in [-0.15, -0.1) is 0 Å². The van der Waals surface area contributed by atoms with Gasteiger partial charge in [-0.2, -0.15) is 0 Å². The summed E-state index contributed by atoms with van der Waals surface area (Å²) in [5, 5.41) is 4.08. The van der Waals surface area contributed by atoms with Gasteiger partial charge in [0.05, 0.1) is 28.8 Å². The standard InChI is InChI=1S/C40H47FN4O8S/c1-39(2,3)53-38(49)43-32-14-8-6-4-5-7-11-24-21-40(24,37(48)44-54(50,51)27-16-17-27)22-34(46)33-20-26(23-45(33)36(32)47)52-35-30-19-25(41)15-18-28(30)29-12-9-10-13-31(29)42-35/h7,9-13,15,18-19,24,26-27,32-33H,4-6,8,14,16-17,20-23H2,1-3H3,(H,43,49)(H,44,48)/b11-7-/t24-,26-,32+,33+,40-/m1/s1. The van der Waals surface area contributed by atoms with Gasteiger partial charge in [0.2, 0.25) is 27.7 Å². The molecule has 2 aromatic carbocycles. The molecule has 7 rings (SSSR count). The summed E-state index contributed by atoms with van der Waals surface area (Å²) in [5.41, 5.74) is -1.48. The lowest BCUT2D eigenvalue weighted by Gasteiger charge is -2.30. The minimum Gasteiger partial charge on any atom is -0.472 e. The van der Waals surface area contributed by atoms with Crippen LogP contribution < -0.4 is 14.8 Å². The highest BCUT2D eigenvalue weighted by atomic mass is 32.2. The lowest BCUT2D eigenvalue weighted by molar-refractivity contribution is -0.140. The van der Waals surface area contributed by atoms with Crippen LogP contribution >= 0.6 is 0 Å². The fourth-order valence-electron chi connectivity index (χ4n) is 7.78. The number of benzene rings is 2. The number of hydrogen-bond donors (Lipinski definition) is 2. The molecule has 3 amide bonds. The average molecular weight is 763 g/mol. The predicted octanol–water partition coefficient (Wildman–Crippen LogP) is 5.86. The van der Waals surface area contributed by atoms with E-state index in [4.69, 9.17) is 14.5 Å². The Labute approximate surface area is 314 Å². The molecule has 0 unspecified atom stereocenters. The van der Waals surface area contributed by atoms with Gasteiger partial charge in [0.15, 0.2) is 5.78 Å². The van der Waals surface area contributed by atoms with Gasteiger partial charge in [-0.1, -0.05) is 49.3 Å². The number of pyridine rings is 1. The number of aromatic nitrogens is 1. The number of nitrogens with one attached hydrogen (secondary N) is 2. The highest BCUT2D eigenvalue weighted by Crippen LogP contribution is 2.57. The van der Waals surface area contributed by atoms with E-state index in [1.165, 1.54) is 17.0 Å². The maximum Gasteiger partial charge on any atom is 0.408 e. The number of amides is 3. The summed E-state index contributed by atoms with van der Waals surface area (Å²) < 4.78 is 54.6. The van der Waals surface area contributed by atoms with E-state index in [1.807, 2.05) is 36.4 Å². The molecular weight excluding hydrogens is 716 g/mol. The maximum atomic E-state index is 14.6. The molecule has 3 fully saturated rings. The molecule has 2 aliphatic heterocycles. The van der Waals surface area contributed by atoms with E-state index in [0.29, 0.717) is 49.4 Å². The number of para-hydroxylation sites is 1. The van der Waals surface area contributed by atoms with Gasteiger partial charge in [0.1, 0.15) is 23.6 Å². The van der Waals surface area contributed by atoms with Crippen molar-refractivity contribution in [1.82, 2.24) is 19.9 Å². The van der Waals surface area contributed by atoms with Crippen LogP contribution in [0.2, 0.25) is 0 Å². The predicted molar refractivity (Wildman–Crippen MR) is 199 cm³/mol. The van der Waals surface area contributed by atoms with E-state index in [1.54, 1.807) is 26.8 Å². The van der Waals surface area contributed by atoms with Crippen molar-refractivity contribution in [3.63, 3.8) is 0 Å². The Morgan fingerprint density at radius 1 is 1.00 bits per heavy atom. The zero-order valence-electron chi connectivity index (χ0n) is 30.8. The number of halogens is 1. The number of nitrogens with zero attached hydrogens (tertiary/aromatic N) is 2. The molecule has 0 radical (unpaired) electrons. The second kappa shape index (κ2) is 14.6. The lowest BCUT2D eigenvalue weighted by atomic mass is 9.91. The molecule has 1 aromatic heterocycles. The van der Waals surface area contributed by atoms with Gasteiger partial charge in [-0.25, -0.2) is 22.6 Å². The van der Waals surface area contributed by atoms with Crippen LogP contribution in [0.1, 0.15) is 85.0 Å². The van der Waals surface area contributed by atoms with E-state index < -0.39 is 74.0 Å². The van der Waals surface area contributed by atoms with Crippen molar-refractivity contribution in [2.45, 2.75) is 114 Å². The Kier molecular flexibility index (Phi) is 10.2. The maximum absolute atomic E-state index is 14.6. The number of alkyl carbamates (subject to hydrolysis) is 1. The molecule has 2 aliphatic carbocycles. The Hall–Kier alpha value is -4.59. The summed E-state index contributed by atoms with van der Waals surface area (Å²) in [7, 11) is -3.87. The summed E-state index contributed by atoms with van der Waals surface area (Å²) in [5.74, 6) is -2.30. The molecular formula is C40H47FN4O8S. The number of carbonyl (C=O) groups excluding carboxylic acids is 4. The molecule has 12 nitrogen and oxygen atoms in total. The van der Waals surface area contributed by atoms with Gasteiger partial charge in [-0.05, 0) is 88.8 Å². The van der Waals surface area contributed by atoms with Crippen LogP contribution in [0.25, 0.3) is 21.7 Å². The number of allylic oxidation sites excluding steroid dienone is 2.